The lowest BCUT2D eigenvalue weighted by Gasteiger charge is -2.25. The van der Waals surface area contributed by atoms with Gasteiger partial charge in [0.05, 0.1) is 0 Å². The standard InChI is InChI=1S/C21H28N4O3/c1-21(16-9-10-16)19(27)25(20(28)22-21)14-18(26)23(2)13-15-7-3-4-8-17(15)24-11-5-6-12-24/h3-4,7-8,16H,5-6,9-14H2,1-2H3,(H,22,28). The molecule has 1 atom stereocenters. The van der Waals surface area contributed by atoms with Crippen LogP contribution in [0.5, 0.6) is 0 Å². The van der Waals surface area contributed by atoms with Gasteiger partial charge in [-0.25, -0.2) is 4.79 Å². The zero-order valence-corrected chi connectivity index (χ0v) is 16.6. The molecule has 0 radical (unpaired) electrons. The lowest BCUT2D eigenvalue weighted by Crippen LogP contribution is -2.47. The quantitative estimate of drug-likeness (QED) is 0.761. The predicted molar refractivity (Wildman–Crippen MR) is 106 cm³/mol. The minimum Gasteiger partial charge on any atom is -0.371 e. The Bertz CT molecular complexity index is 801. The predicted octanol–water partition coefficient (Wildman–Crippen LogP) is 1.97. The average molecular weight is 384 g/mol. The molecule has 2 aliphatic heterocycles. The summed E-state index contributed by atoms with van der Waals surface area (Å²) in [5.74, 6) is -0.326. The van der Waals surface area contributed by atoms with Crippen molar-refractivity contribution in [1.82, 2.24) is 15.1 Å². The van der Waals surface area contributed by atoms with Crippen LogP contribution in [0.2, 0.25) is 0 Å². The summed E-state index contributed by atoms with van der Waals surface area (Å²) in [6.45, 7) is 4.09. The van der Waals surface area contributed by atoms with Gasteiger partial charge in [0.1, 0.15) is 12.1 Å². The summed E-state index contributed by atoms with van der Waals surface area (Å²) in [5.41, 5.74) is 1.40. The van der Waals surface area contributed by atoms with Crippen molar-refractivity contribution < 1.29 is 14.4 Å². The van der Waals surface area contributed by atoms with Crippen LogP contribution in [0, 0.1) is 5.92 Å². The third kappa shape index (κ3) is 3.34. The molecule has 1 aromatic carbocycles. The number of nitrogens with one attached hydrogen (secondary N) is 1. The molecule has 0 spiro atoms. The monoisotopic (exact) mass is 384 g/mol. The summed E-state index contributed by atoms with van der Waals surface area (Å²) in [7, 11) is 1.72. The largest absolute Gasteiger partial charge is 0.371 e. The number of hydrogen-bond donors (Lipinski definition) is 1. The number of hydrogen-bond acceptors (Lipinski definition) is 4. The Hall–Kier alpha value is -2.57. The summed E-state index contributed by atoms with van der Waals surface area (Å²) in [6, 6.07) is 7.67. The third-order valence-electron chi connectivity index (χ3n) is 6.26. The van der Waals surface area contributed by atoms with Gasteiger partial charge in [-0.2, -0.15) is 0 Å². The molecule has 1 aliphatic carbocycles. The van der Waals surface area contributed by atoms with E-state index in [1.807, 2.05) is 18.2 Å². The van der Waals surface area contributed by atoms with Crippen LogP contribution in [0.15, 0.2) is 24.3 Å². The summed E-state index contributed by atoms with van der Waals surface area (Å²) in [5, 5.41) is 2.79. The summed E-state index contributed by atoms with van der Waals surface area (Å²) in [4.78, 5) is 42.8. The van der Waals surface area contributed by atoms with Crippen LogP contribution in [0.3, 0.4) is 0 Å². The molecular formula is C21H28N4O3. The molecular weight excluding hydrogens is 356 g/mol. The second-order valence-electron chi connectivity index (χ2n) is 8.37. The summed E-state index contributed by atoms with van der Waals surface area (Å²) >= 11 is 0. The zero-order valence-electron chi connectivity index (χ0n) is 16.6. The molecule has 7 nitrogen and oxygen atoms in total. The van der Waals surface area contributed by atoms with Gasteiger partial charge in [0, 0.05) is 32.4 Å². The van der Waals surface area contributed by atoms with Gasteiger partial charge in [-0.15, -0.1) is 0 Å². The molecule has 0 bridgehead atoms. The maximum absolute atomic E-state index is 12.8. The first-order valence-electron chi connectivity index (χ1n) is 10.1. The molecule has 2 saturated heterocycles. The van der Waals surface area contributed by atoms with Gasteiger partial charge in [0.15, 0.2) is 0 Å². The van der Waals surface area contributed by atoms with E-state index in [4.69, 9.17) is 0 Å². The van der Waals surface area contributed by atoms with Gasteiger partial charge in [-0.05, 0) is 50.2 Å². The molecule has 28 heavy (non-hydrogen) atoms. The van der Waals surface area contributed by atoms with E-state index in [0.29, 0.717) is 6.54 Å². The van der Waals surface area contributed by atoms with Crippen LogP contribution >= 0.6 is 0 Å². The number of rotatable bonds is 6. The molecule has 3 aliphatic rings. The number of urea groups is 1. The Balaban J connectivity index is 1.42. The maximum atomic E-state index is 12.8. The van der Waals surface area contributed by atoms with E-state index >= 15 is 0 Å². The fraction of sp³-hybridized carbons (Fsp3) is 0.571. The first-order chi connectivity index (χ1) is 13.4. The van der Waals surface area contributed by atoms with Crippen LogP contribution in [0.25, 0.3) is 0 Å². The first kappa shape index (κ1) is 18.8. The molecule has 1 unspecified atom stereocenters. The first-order valence-corrected chi connectivity index (χ1v) is 10.1. The third-order valence-corrected chi connectivity index (χ3v) is 6.26. The van der Waals surface area contributed by atoms with Crippen LogP contribution in [0.1, 0.15) is 38.2 Å². The number of benzene rings is 1. The SMILES string of the molecule is CN(Cc1ccccc1N1CCCC1)C(=O)CN1C(=O)NC(C)(C2CC2)C1=O. The molecule has 0 aromatic heterocycles. The Morgan fingerprint density at radius 3 is 2.57 bits per heavy atom. The highest BCUT2D eigenvalue weighted by molar-refractivity contribution is 6.09. The Labute approximate surface area is 165 Å². The van der Waals surface area contributed by atoms with Crippen molar-refractivity contribution in [2.24, 2.45) is 5.92 Å². The minimum atomic E-state index is -0.849. The Morgan fingerprint density at radius 1 is 1.21 bits per heavy atom. The van der Waals surface area contributed by atoms with Crippen molar-refractivity contribution in [1.29, 1.82) is 0 Å². The van der Waals surface area contributed by atoms with E-state index in [1.54, 1.807) is 18.9 Å². The number of imide groups is 1. The van der Waals surface area contributed by atoms with E-state index < -0.39 is 11.6 Å². The molecule has 4 rings (SSSR count). The molecule has 7 heteroatoms. The lowest BCUT2D eigenvalue weighted by atomic mass is 9.96. The highest BCUT2D eigenvalue weighted by Gasteiger charge is 2.56. The van der Waals surface area contributed by atoms with Crippen molar-refractivity contribution in [3.05, 3.63) is 29.8 Å². The molecule has 1 N–H and O–H groups in total. The van der Waals surface area contributed by atoms with Crippen LogP contribution in [0.4, 0.5) is 10.5 Å². The fourth-order valence-corrected chi connectivity index (χ4v) is 4.31. The van der Waals surface area contributed by atoms with Gasteiger partial charge >= 0.3 is 6.03 Å². The number of carbonyl (C=O) groups is 3. The highest BCUT2D eigenvalue weighted by Crippen LogP contribution is 2.42. The Kier molecular flexibility index (Phi) is 4.77. The second kappa shape index (κ2) is 7.11. The van der Waals surface area contributed by atoms with Crippen molar-refractivity contribution in [3.8, 4) is 0 Å². The number of carbonyl (C=O) groups excluding carboxylic acids is 3. The van der Waals surface area contributed by atoms with E-state index in [1.165, 1.54) is 12.8 Å². The fourth-order valence-electron chi connectivity index (χ4n) is 4.31. The van der Waals surface area contributed by atoms with Gasteiger partial charge < -0.3 is 15.1 Å². The second-order valence-corrected chi connectivity index (χ2v) is 8.37. The number of amides is 4. The normalized spacial score (nSPS) is 24.6. The summed E-state index contributed by atoms with van der Waals surface area (Å²) < 4.78 is 0. The van der Waals surface area contributed by atoms with Gasteiger partial charge in [-0.3, -0.25) is 14.5 Å². The zero-order chi connectivity index (χ0) is 19.9. The number of anilines is 1. The Morgan fingerprint density at radius 2 is 1.89 bits per heavy atom. The van der Waals surface area contributed by atoms with Gasteiger partial charge in [0.2, 0.25) is 5.91 Å². The maximum Gasteiger partial charge on any atom is 0.325 e. The molecule has 1 saturated carbocycles. The summed E-state index contributed by atoms with van der Waals surface area (Å²) in [6.07, 6.45) is 4.26. The van der Waals surface area contributed by atoms with E-state index in [2.05, 4.69) is 16.3 Å². The smallest absolute Gasteiger partial charge is 0.325 e. The highest BCUT2D eigenvalue weighted by atomic mass is 16.2. The van der Waals surface area contributed by atoms with Crippen LogP contribution < -0.4 is 10.2 Å². The molecule has 2 heterocycles. The number of nitrogens with zero attached hydrogens (tertiary/aromatic N) is 3. The lowest BCUT2D eigenvalue weighted by molar-refractivity contribution is -0.138. The minimum absolute atomic E-state index is 0.189. The van der Waals surface area contributed by atoms with Crippen LogP contribution in [-0.4, -0.2) is 59.9 Å². The molecule has 1 aromatic rings. The van der Waals surface area contributed by atoms with Crippen LogP contribution in [-0.2, 0) is 16.1 Å². The molecule has 4 amide bonds. The van der Waals surface area contributed by atoms with Crippen molar-refractivity contribution in [3.63, 3.8) is 0 Å². The van der Waals surface area contributed by atoms with Crippen molar-refractivity contribution >= 4 is 23.5 Å². The molecule has 150 valence electrons. The van der Waals surface area contributed by atoms with Crippen molar-refractivity contribution in [2.45, 2.75) is 44.7 Å². The van der Waals surface area contributed by atoms with Crippen molar-refractivity contribution in [2.75, 3.05) is 31.6 Å². The number of likely N-dealkylation sites (N-methyl/N-ethyl adjacent to an activating group) is 1. The van der Waals surface area contributed by atoms with Gasteiger partial charge in [0.25, 0.3) is 5.91 Å². The number of para-hydroxylation sites is 1. The average Bonchev–Trinajstić information content (AvgIpc) is 3.36. The topological polar surface area (TPSA) is 73.0 Å². The van der Waals surface area contributed by atoms with E-state index in [9.17, 15) is 14.4 Å². The van der Waals surface area contributed by atoms with E-state index in [-0.39, 0.29) is 24.3 Å². The van der Waals surface area contributed by atoms with Gasteiger partial charge in [-0.1, -0.05) is 18.2 Å². The molecule has 3 fully saturated rings. The van der Waals surface area contributed by atoms with E-state index in [0.717, 1.165) is 42.1 Å².